The molecule has 1 aromatic carbocycles. The second-order valence-corrected chi connectivity index (χ2v) is 3.84. The van der Waals surface area contributed by atoms with Gasteiger partial charge in [-0.1, -0.05) is 12.1 Å². The lowest BCUT2D eigenvalue weighted by atomic mass is 10.1. The third-order valence-corrected chi connectivity index (χ3v) is 2.48. The summed E-state index contributed by atoms with van der Waals surface area (Å²) < 4.78 is -0.0503. The maximum atomic E-state index is 10.8. The first kappa shape index (κ1) is 10.5. The summed E-state index contributed by atoms with van der Waals surface area (Å²) in [6, 6.07) is 6.23. The Morgan fingerprint density at radius 1 is 1.46 bits per heavy atom. The molecule has 0 unspecified atom stereocenters. The van der Waals surface area contributed by atoms with Crippen molar-refractivity contribution in [2.75, 3.05) is 0 Å². The van der Waals surface area contributed by atoms with Gasteiger partial charge in [0.1, 0.15) is 5.75 Å². The zero-order chi connectivity index (χ0) is 9.84. The Hall–Kier alpha value is -0.620. The molecule has 0 aliphatic rings. The molecule has 0 radical (unpaired) electrons. The summed E-state index contributed by atoms with van der Waals surface area (Å²) in [5.74, 6) is 0.220. The molecule has 3 N–H and O–H groups in total. The Morgan fingerprint density at radius 3 is 2.46 bits per heavy atom. The molecular weight excluding hydrogens is 281 g/mol. The van der Waals surface area contributed by atoms with Gasteiger partial charge in [-0.3, -0.25) is 4.79 Å². The third kappa shape index (κ3) is 3.31. The standard InChI is InChI=1S/C9H10INO2/c10-9(13)8(11)5-6-1-3-7(12)4-2-6/h1-4,8,12H,5,11H2/t8-/m0/s1. The molecule has 0 amide bonds. The molecule has 13 heavy (non-hydrogen) atoms. The molecule has 70 valence electrons. The van der Waals surface area contributed by atoms with E-state index in [1.165, 1.54) is 0 Å². The average Bonchev–Trinajstić information content (AvgIpc) is 2.08. The van der Waals surface area contributed by atoms with Crippen molar-refractivity contribution in [2.45, 2.75) is 12.5 Å². The number of carbonyl (C=O) groups excluding carboxylic acids is 1. The van der Waals surface area contributed by atoms with Crippen molar-refractivity contribution in [1.82, 2.24) is 0 Å². The van der Waals surface area contributed by atoms with E-state index >= 15 is 0 Å². The highest BCUT2D eigenvalue weighted by Crippen LogP contribution is 2.11. The molecule has 0 saturated carbocycles. The van der Waals surface area contributed by atoms with Crippen molar-refractivity contribution >= 4 is 26.4 Å². The lowest BCUT2D eigenvalue weighted by molar-refractivity contribution is -0.110. The number of aromatic hydroxyl groups is 1. The van der Waals surface area contributed by atoms with Crippen LogP contribution in [-0.4, -0.2) is 14.9 Å². The molecule has 0 saturated heterocycles. The van der Waals surface area contributed by atoms with E-state index in [4.69, 9.17) is 10.8 Å². The Bertz CT molecular complexity index is 297. The second-order valence-electron chi connectivity index (χ2n) is 2.78. The predicted molar refractivity (Wildman–Crippen MR) is 58.8 cm³/mol. The fraction of sp³-hybridized carbons (Fsp3) is 0.222. The zero-order valence-corrected chi connectivity index (χ0v) is 9.06. The van der Waals surface area contributed by atoms with Crippen LogP contribution in [0, 0.1) is 0 Å². The van der Waals surface area contributed by atoms with Gasteiger partial charge in [0.25, 0.3) is 0 Å². The molecule has 0 aliphatic heterocycles. The maximum absolute atomic E-state index is 10.8. The van der Waals surface area contributed by atoms with E-state index in [1.807, 2.05) is 0 Å². The summed E-state index contributed by atoms with van der Waals surface area (Å²) in [4.78, 5) is 10.8. The van der Waals surface area contributed by atoms with Crippen LogP contribution in [0.3, 0.4) is 0 Å². The first-order valence-electron chi connectivity index (χ1n) is 3.82. The van der Waals surface area contributed by atoms with E-state index in [2.05, 4.69) is 0 Å². The van der Waals surface area contributed by atoms with E-state index in [0.29, 0.717) is 6.42 Å². The highest BCUT2D eigenvalue weighted by molar-refractivity contribution is 14.1. The summed E-state index contributed by atoms with van der Waals surface area (Å²) in [5, 5.41) is 9.00. The lowest BCUT2D eigenvalue weighted by Gasteiger charge is -2.06. The molecule has 0 heterocycles. The molecule has 1 rings (SSSR count). The fourth-order valence-electron chi connectivity index (χ4n) is 0.966. The number of carbonyl (C=O) groups is 1. The van der Waals surface area contributed by atoms with Gasteiger partial charge in [-0.05, 0) is 24.1 Å². The van der Waals surface area contributed by atoms with Gasteiger partial charge in [0.15, 0.2) is 0 Å². The Kier molecular flexibility index (Phi) is 3.68. The van der Waals surface area contributed by atoms with Gasteiger partial charge < -0.3 is 10.8 Å². The van der Waals surface area contributed by atoms with Gasteiger partial charge in [0.2, 0.25) is 3.79 Å². The van der Waals surface area contributed by atoms with Crippen molar-refractivity contribution in [1.29, 1.82) is 0 Å². The largest absolute Gasteiger partial charge is 0.508 e. The smallest absolute Gasteiger partial charge is 0.209 e. The lowest BCUT2D eigenvalue weighted by Crippen LogP contribution is -2.28. The highest BCUT2D eigenvalue weighted by Gasteiger charge is 2.09. The topological polar surface area (TPSA) is 63.3 Å². The number of hydrogen-bond donors (Lipinski definition) is 2. The number of benzene rings is 1. The van der Waals surface area contributed by atoms with E-state index in [9.17, 15) is 4.79 Å². The number of hydrogen-bond acceptors (Lipinski definition) is 3. The van der Waals surface area contributed by atoms with Gasteiger partial charge in [0, 0.05) is 22.6 Å². The number of nitrogens with two attached hydrogens (primary N) is 1. The number of rotatable bonds is 3. The van der Waals surface area contributed by atoms with Crippen LogP contribution in [0.25, 0.3) is 0 Å². The Morgan fingerprint density at radius 2 is 2.00 bits per heavy atom. The molecule has 1 aromatic rings. The molecular formula is C9H10INO2. The van der Waals surface area contributed by atoms with E-state index in [1.54, 1.807) is 46.9 Å². The molecule has 0 fully saturated rings. The summed E-state index contributed by atoms with van der Waals surface area (Å²) in [6.45, 7) is 0. The van der Waals surface area contributed by atoms with E-state index in [0.717, 1.165) is 5.56 Å². The predicted octanol–water partition coefficient (Wildman–Crippen LogP) is 1.22. The third-order valence-electron chi connectivity index (χ3n) is 1.68. The van der Waals surface area contributed by atoms with Crippen molar-refractivity contribution in [3.05, 3.63) is 29.8 Å². The SMILES string of the molecule is N[C@@H](Cc1ccc(O)cc1)C(=O)I. The molecule has 3 nitrogen and oxygen atoms in total. The van der Waals surface area contributed by atoms with Crippen molar-refractivity contribution in [3.63, 3.8) is 0 Å². The zero-order valence-electron chi connectivity index (χ0n) is 6.90. The van der Waals surface area contributed by atoms with Gasteiger partial charge in [-0.25, -0.2) is 0 Å². The summed E-state index contributed by atoms with van der Waals surface area (Å²) in [7, 11) is 0. The van der Waals surface area contributed by atoms with Gasteiger partial charge in [-0.2, -0.15) is 0 Å². The molecule has 0 bridgehead atoms. The van der Waals surface area contributed by atoms with Gasteiger partial charge >= 0.3 is 0 Å². The summed E-state index contributed by atoms with van der Waals surface area (Å²) >= 11 is 1.69. The van der Waals surface area contributed by atoms with Crippen LogP contribution in [0.1, 0.15) is 5.56 Å². The van der Waals surface area contributed by atoms with E-state index in [-0.39, 0.29) is 9.54 Å². The van der Waals surface area contributed by atoms with Crippen LogP contribution in [0.5, 0.6) is 5.75 Å². The fourth-order valence-corrected chi connectivity index (χ4v) is 1.19. The van der Waals surface area contributed by atoms with Gasteiger partial charge in [-0.15, -0.1) is 0 Å². The minimum Gasteiger partial charge on any atom is -0.508 e. The molecule has 0 aromatic heterocycles. The molecule has 0 aliphatic carbocycles. The Labute approximate surface area is 90.1 Å². The Balaban J connectivity index is 2.64. The minimum absolute atomic E-state index is 0.0503. The number of halogens is 1. The molecule has 0 spiro atoms. The first-order chi connectivity index (χ1) is 6.09. The van der Waals surface area contributed by atoms with Crippen molar-refractivity contribution < 1.29 is 9.90 Å². The summed E-state index contributed by atoms with van der Waals surface area (Å²) in [5.41, 5.74) is 6.52. The highest BCUT2D eigenvalue weighted by atomic mass is 127. The van der Waals surface area contributed by atoms with Crippen LogP contribution >= 0.6 is 22.6 Å². The van der Waals surface area contributed by atoms with Crippen molar-refractivity contribution in [2.24, 2.45) is 5.73 Å². The van der Waals surface area contributed by atoms with Crippen LogP contribution in [0.4, 0.5) is 0 Å². The molecule has 4 heteroatoms. The van der Waals surface area contributed by atoms with Crippen LogP contribution in [0.15, 0.2) is 24.3 Å². The van der Waals surface area contributed by atoms with Crippen LogP contribution < -0.4 is 5.73 Å². The molecule has 1 atom stereocenters. The van der Waals surface area contributed by atoms with E-state index < -0.39 is 6.04 Å². The monoisotopic (exact) mass is 291 g/mol. The quantitative estimate of drug-likeness (QED) is 0.650. The van der Waals surface area contributed by atoms with Crippen LogP contribution in [-0.2, 0) is 11.2 Å². The first-order valence-corrected chi connectivity index (χ1v) is 4.90. The minimum atomic E-state index is -0.454. The maximum Gasteiger partial charge on any atom is 0.209 e. The van der Waals surface area contributed by atoms with Crippen molar-refractivity contribution in [3.8, 4) is 5.75 Å². The van der Waals surface area contributed by atoms with Crippen LogP contribution in [0.2, 0.25) is 0 Å². The average molecular weight is 291 g/mol. The number of phenols is 1. The second kappa shape index (κ2) is 4.57. The number of phenolic OH excluding ortho intramolecular Hbond substituents is 1. The van der Waals surface area contributed by atoms with Gasteiger partial charge in [0.05, 0.1) is 6.04 Å². The normalized spacial score (nSPS) is 12.5. The summed E-state index contributed by atoms with van der Waals surface area (Å²) in [6.07, 6.45) is 0.516.